The Kier molecular flexibility index (Phi) is 5.78. The SMILES string of the molecule is c1ccc(-c2ccc3ccc4ccc(-c5ccc6oc7cccc(-c8ccc(-c9ccccn9)cc8)c7c6c5)nc4c3n2)cc1. The Hall–Kier alpha value is -6.13. The first-order chi connectivity index (χ1) is 22.3. The van der Waals surface area contributed by atoms with E-state index < -0.39 is 0 Å². The summed E-state index contributed by atoms with van der Waals surface area (Å²) in [6.45, 7) is 0. The Morgan fingerprint density at radius 2 is 1.07 bits per heavy atom. The average Bonchev–Trinajstić information content (AvgIpc) is 3.50. The molecule has 4 heterocycles. The molecule has 0 fully saturated rings. The van der Waals surface area contributed by atoms with E-state index in [9.17, 15) is 0 Å². The molecule has 0 aliphatic carbocycles. The first-order valence-electron chi connectivity index (χ1n) is 15.0. The van der Waals surface area contributed by atoms with E-state index in [2.05, 4.69) is 108 Å². The summed E-state index contributed by atoms with van der Waals surface area (Å²) < 4.78 is 6.34. The second-order valence-electron chi connectivity index (χ2n) is 11.3. The van der Waals surface area contributed by atoms with Gasteiger partial charge in [0, 0.05) is 44.4 Å². The van der Waals surface area contributed by atoms with Crippen molar-refractivity contribution in [3.63, 3.8) is 0 Å². The lowest BCUT2D eigenvalue weighted by atomic mass is 9.97. The van der Waals surface area contributed by atoms with Crippen LogP contribution in [-0.2, 0) is 0 Å². The molecule has 0 aliphatic heterocycles. The average molecular weight is 576 g/mol. The second kappa shape index (κ2) is 10.2. The minimum absolute atomic E-state index is 0.853. The van der Waals surface area contributed by atoms with Gasteiger partial charge in [-0.2, -0.15) is 0 Å². The number of nitrogens with zero attached hydrogens (tertiary/aromatic N) is 3. The highest BCUT2D eigenvalue weighted by atomic mass is 16.3. The van der Waals surface area contributed by atoms with Gasteiger partial charge in [0.1, 0.15) is 11.2 Å². The van der Waals surface area contributed by atoms with Gasteiger partial charge in [-0.1, -0.05) is 97.1 Å². The summed E-state index contributed by atoms with van der Waals surface area (Å²) in [6.07, 6.45) is 1.82. The maximum atomic E-state index is 6.34. The van der Waals surface area contributed by atoms with Crippen LogP contribution in [-0.4, -0.2) is 15.0 Å². The molecule has 0 saturated heterocycles. The number of benzene rings is 5. The molecule has 0 unspecified atom stereocenters. The molecular weight excluding hydrogens is 550 g/mol. The molecule has 0 saturated carbocycles. The lowest BCUT2D eigenvalue weighted by Gasteiger charge is -2.09. The topological polar surface area (TPSA) is 51.8 Å². The molecule has 4 nitrogen and oxygen atoms in total. The molecule has 0 spiro atoms. The van der Waals surface area contributed by atoms with Crippen LogP contribution >= 0.6 is 0 Å². The van der Waals surface area contributed by atoms with Gasteiger partial charge in [-0.25, -0.2) is 9.97 Å². The fourth-order valence-corrected chi connectivity index (χ4v) is 6.28. The largest absolute Gasteiger partial charge is 0.456 e. The molecule has 0 amide bonds. The molecular formula is C41H25N3O. The maximum Gasteiger partial charge on any atom is 0.136 e. The lowest BCUT2D eigenvalue weighted by Crippen LogP contribution is -1.91. The molecule has 4 heteroatoms. The van der Waals surface area contributed by atoms with Crippen LogP contribution in [0.3, 0.4) is 0 Å². The van der Waals surface area contributed by atoms with E-state index in [0.29, 0.717) is 0 Å². The van der Waals surface area contributed by atoms with Crippen molar-refractivity contribution in [1.82, 2.24) is 15.0 Å². The van der Waals surface area contributed by atoms with E-state index in [4.69, 9.17) is 14.4 Å². The summed E-state index contributed by atoms with van der Waals surface area (Å²) in [5.74, 6) is 0. The van der Waals surface area contributed by atoms with Crippen LogP contribution in [0.4, 0.5) is 0 Å². The van der Waals surface area contributed by atoms with E-state index in [-0.39, 0.29) is 0 Å². The molecule has 0 aliphatic rings. The van der Waals surface area contributed by atoms with Crippen molar-refractivity contribution in [3.05, 3.63) is 152 Å². The fraction of sp³-hybridized carbons (Fsp3) is 0. The molecule has 0 radical (unpaired) electrons. The predicted octanol–water partition coefficient (Wildman–Crippen LogP) is 10.7. The zero-order valence-electron chi connectivity index (χ0n) is 24.2. The summed E-state index contributed by atoms with van der Waals surface area (Å²) >= 11 is 0. The van der Waals surface area contributed by atoms with E-state index in [1.165, 1.54) is 0 Å². The summed E-state index contributed by atoms with van der Waals surface area (Å²) in [7, 11) is 0. The van der Waals surface area contributed by atoms with Gasteiger partial charge in [-0.3, -0.25) is 4.98 Å². The Morgan fingerprint density at radius 1 is 0.422 bits per heavy atom. The lowest BCUT2D eigenvalue weighted by molar-refractivity contribution is 0.669. The van der Waals surface area contributed by atoms with E-state index in [1.54, 1.807) is 0 Å². The Morgan fingerprint density at radius 3 is 1.80 bits per heavy atom. The fourth-order valence-electron chi connectivity index (χ4n) is 6.28. The third-order valence-corrected chi connectivity index (χ3v) is 8.54. The van der Waals surface area contributed by atoms with Crippen molar-refractivity contribution in [3.8, 4) is 44.9 Å². The van der Waals surface area contributed by atoms with Crippen molar-refractivity contribution >= 4 is 43.7 Å². The molecule has 5 aromatic carbocycles. The zero-order chi connectivity index (χ0) is 29.7. The Labute approximate surface area is 259 Å². The zero-order valence-corrected chi connectivity index (χ0v) is 24.2. The predicted molar refractivity (Wildman–Crippen MR) is 184 cm³/mol. The summed E-state index contributed by atoms with van der Waals surface area (Å²) in [4.78, 5) is 14.8. The number of furan rings is 1. The quantitative estimate of drug-likeness (QED) is 0.196. The number of rotatable bonds is 4. The molecule has 0 bridgehead atoms. The van der Waals surface area contributed by atoms with Crippen LogP contribution in [0.25, 0.3) is 88.6 Å². The Balaban J connectivity index is 1.18. The van der Waals surface area contributed by atoms with E-state index >= 15 is 0 Å². The third-order valence-electron chi connectivity index (χ3n) is 8.54. The molecule has 9 aromatic rings. The van der Waals surface area contributed by atoms with Crippen LogP contribution < -0.4 is 0 Å². The highest BCUT2D eigenvalue weighted by Crippen LogP contribution is 2.39. The summed E-state index contributed by atoms with van der Waals surface area (Å²) in [6, 6.07) is 50.1. The van der Waals surface area contributed by atoms with Gasteiger partial charge in [0.2, 0.25) is 0 Å². The molecule has 4 aromatic heterocycles. The Bertz CT molecular complexity index is 2520. The molecule has 210 valence electrons. The van der Waals surface area contributed by atoms with Crippen molar-refractivity contribution in [2.75, 3.05) is 0 Å². The number of pyridine rings is 3. The van der Waals surface area contributed by atoms with Crippen LogP contribution in [0.2, 0.25) is 0 Å². The minimum Gasteiger partial charge on any atom is -0.456 e. The van der Waals surface area contributed by atoms with Crippen LogP contribution in [0.5, 0.6) is 0 Å². The smallest absolute Gasteiger partial charge is 0.136 e. The van der Waals surface area contributed by atoms with Gasteiger partial charge in [0.25, 0.3) is 0 Å². The summed E-state index contributed by atoms with van der Waals surface area (Å²) in [5, 5.41) is 4.30. The van der Waals surface area contributed by atoms with Crippen molar-refractivity contribution in [2.24, 2.45) is 0 Å². The van der Waals surface area contributed by atoms with E-state index in [1.807, 2.05) is 48.7 Å². The van der Waals surface area contributed by atoms with Crippen molar-refractivity contribution in [2.45, 2.75) is 0 Å². The van der Waals surface area contributed by atoms with Crippen LogP contribution in [0.1, 0.15) is 0 Å². The molecule has 0 atom stereocenters. The van der Waals surface area contributed by atoms with Gasteiger partial charge in [0.15, 0.2) is 0 Å². The highest BCUT2D eigenvalue weighted by Gasteiger charge is 2.15. The van der Waals surface area contributed by atoms with Crippen molar-refractivity contribution in [1.29, 1.82) is 0 Å². The normalized spacial score (nSPS) is 11.6. The van der Waals surface area contributed by atoms with Crippen LogP contribution in [0.15, 0.2) is 156 Å². The van der Waals surface area contributed by atoms with Gasteiger partial charge >= 0.3 is 0 Å². The number of hydrogen-bond donors (Lipinski definition) is 0. The first kappa shape index (κ1) is 25.4. The number of aromatic nitrogens is 3. The number of fused-ring (bicyclic) bond motifs is 6. The standard InChI is InChI=1S/C41H25N3O/c1-2-7-27(8-3-1)35-21-18-29-16-17-30-19-22-36(44-41(30)40(29)43-35)31-20-23-37-33(25-31)39-32(9-6-11-38(39)45-37)26-12-14-28(15-13-26)34-10-4-5-24-42-34/h1-25H. The van der Waals surface area contributed by atoms with Gasteiger partial charge in [-0.05, 0) is 59.7 Å². The number of hydrogen-bond acceptors (Lipinski definition) is 4. The third kappa shape index (κ3) is 4.35. The van der Waals surface area contributed by atoms with Gasteiger partial charge in [-0.15, -0.1) is 0 Å². The maximum absolute atomic E-state index is 6.34. The minimum atomic E-state index is 0.853. The first-order valence-corrected chi connectivity index (χ1v) is 15.0. The van der Waals surface area contributed by atoms with E-state index in [0.717, 1.165) is 88.6 Å². The van der Waals surface area contributed by atoms with Gasteiger partial charge in [0.05, 0.1) is 28.1 Å². The second-order valence-corrected chi connectivity index (χ2v) is 11.3. The highest BCUT2D eigenvalue weighted by molar-refractivity contribution is 6.13. The van der Waals surface area contributed by atoms with Crippen molar-refractivity contribution < 1.29 is 4.42 Å². The molecule has 0 N–H and O–H groups in total. The summed E-state index contributed by atoms with van der Waals surface area (Å²) in [5.41, 5.74) is 11.8. The molecule has 45 heavy (non-hydrogen) atoms. The van der Waals surface area contributed by atoms with Crippen LogP contribution in [0, 0.1) is 0 Å². The van der Waals surface area contributed by atoms with Gasteiger partial charge < -0.3 is 4.42 Å². The molecule has 9 rings (SSSR count). The monoisotopic (exact) mass is 575 g/mol.